The van der Waals surface area contributed by atoms with E-state index < -0.39 is 0 Å². The lowest BCUT2D eigenvalue weighted by Gasteiger charge is -2.48. The van der Waals surface area contributed by atoms with Gasteiger partial charge >= 0.3 is 0 Å². The minimum Gasteiger partial charge on any atom is -0.336 e. The van der Waals surface area contributed by atoms with Crippen molar-refractivity contribution < 1.29 is 4.79 Å². The maximum atomic E-state index is 12.9. The highest BCUT2D eigenvalue weighted by molar-refractivity contribution is 5.77. The molecule has 0 spiro atoms. The van der Waals surface area contributed by atoms with Gasteiger partial charge in [0.1, 0.15) is 0 Å². The second-order valence-corrected chi connectivity index (χ2v) is 9.40. The standard InChI is InChI=1S/C25H36N2O/c1-19-8-6-7-11-24(19)27-20(2)23(14-15-25(27)28)18-26(17-22-12-13-22)16-21-9-4-3-5-10-21/h3-5,9-10,12-13,19-20,22-24H,6-8,11,14-18H2,1-2H3/t19-,20?,23+,24-/m0/s1. The molecule has 1 unspecified atom stereocenters. The van der Waals surface area contributed by atoms with Gasteiger partial charge in [0.2, 0.25) is 5.91 Å². The Morgan fingerprint density at radius 3 is 2.46 bits per heavy atom. The highest BCUT2D eigenvalue weighted by atomic mass is 16.2. The summed E-state index contributed by atoms with van der Waals surface area (Å²) in [6.07, 6.45) is 11.5. The van der Waals surface area contributed by atoms with Crippen LogP contribution in [0.3, 0.4) is 0 Å². The van der Waals surface area contributed by atoms with Crippen LogP contribution in [0.1, 0.15) is 57.9 Å². The molecule has 0 bridgehead atoms. The predicted molar refractivity (Wildman–Crippen MR) is 115 cm³/mol. The van der Waals surface area contributed by atoms with E-state index in [9.17, 15) is 4.79 Å². The molecule has 2 fully saturated rings. The summed E-state index contributed by atoms with van der Waals surface area (Å²) in [5.41, 5.74) is 1.39. The van der Waals surface area contributed by atoms with Crippen molar-refractivity contribution in [3.63, 3.8) is 0 Å². The summed E-state index contributed by atoms with van der Waals surface area (Å²) in [5, 5.41) is 0. The lowest BCUT2D eigenvalue weighted by molar-refractivity contribution is -0.144. The average Bonchev–Trinajstić information content (AvgIpc) is 3.50. The molecular weight excluding hydrogens is 344 g/mol. The Labute approximate surface area is 170 Å². The van der Waals surface area contributed by atoms with E-state index in [0.717, 1.165) is 32.5 Å². The van der Waals surface area contributed by atoms with Gasteiger partial charge in [-0.3, -0.25) is 9.69 Å². The molecule has 3 heteroatoms. The third-order valence-corrected chi connectivity index (χ3v) is 7.24. The van der Waals surface area contributed by atoms with Crippen LogP contribution in [-0.4, -0.2) is 40.9 Å². The van der Waals surface area contributed by atoms with E-state index in [4.69, 9.17) is 0 Å². The van der Waals surface area contributed by atoms with E-state index >= 15 is 0 Å². The molecule has 28 heavy (non-hydrogen) atoms. The minimum absolute atomic E-state index is 0.359. The fourth-order valence-corrected chi connectivity index (χ4v) is 5.45. The first-order chi connectivity index (χ1) is 13.6. The van der Waals surface area contributed by atoms with Gasteiger partial charge in [0.05, 0.1) is 0 Å². The summed E-state index contributed by atoms with van der Waals surface area (Å²) in [4.78, 5) is 17.8. The van der Waals surface area contributed by atoms with Gasteiger partial charge in [-0.25, -0.2) is 0 Å². The van der Waals surface area contributed by atoms with Crippen molar-refractivity contribution in [1.29, 1.82) is 0 Å². The number of likely N-dealkylation sites (tertiary alicyclic amines) is 1. The Morgan fingerprint density at radius 1 is 1.00 bits per heavy atom. The molecule has 4 rings (SSSR count). The number of rotatable bonds is 7. The Hall–Kier alpha value is -1.61. The minimum atomic E-state index is 0.359. The van der Waals surface area contributed by atoms with Gasteiger partial charge in [0.15, 0.2) is 0 Å². The van der Waals surface area contributed by atoms with E-state index in [1.165, 1.54) is 31.2 Å². The summed E-state index contributed by atoms with van der Waals surface area (Å²) in [6.45, 7) is 7.90. The molecule has 3 nitrogen and oxygen atoms in total. The van der Waals surface area contributed by atoms with Crippen molar-refractivity contribution >= 4 is 5.91 Å². The summed E-state index contributed by atoms with van der Waals surface area (Å²) >= 11 is 0. The number of piperidine rings is 1. The molecule has 1 saturated heterocycles. The first kappa shape index (κ1) is 19.7. The number of carbonyl (C=O) groups is 1. The van der Waals surface area contributed by atoms with Crippen LogP contribution >= 0.6 is 0 Å². The predicted octanol–water partition coefficient (Wildman–Crippen LogP) is 4.88. The lowest BCUT2D eigenvalue weighted by Crippen LogP contribution is -2.56. The summed E-state index contributed by atoms with van der Waals surface area (Å²) in [6, 6.07) is 11.7. The Bertz CT molecular complexity index is 679. The van der Waals surface area contributed by atoms with E-state index in [1.807, 2.05) is 0 Å². The monoisotopic (exact) mass is 380 g/mol. The number of nitrogens with zero attached hydrogens (tertiary/aromatic N) is 2. The largest absolute Gasteiger partial charge is 0.336 e. The summed E-state index contributed by atoms with van der Waals surface area (Å²) in [7, 11) is 0. The van der Waals surface area contributed by atoms with Gasteiger partial charge in [-0.15, -0.1) is 0 Å². The van der Waals surface area contributed by atoms with Gasteiger partial charge in [0, 0.05) is 44.1 Å². The van der Waals surface area contributed by atoms with Crippen molar-refractivity contribution in [3.05, 3.63) is 48.0 Å². The number of hydrogen-bond acceptors (Lipinski definition) is 2. The molecule has 4 atom stereocenters. The van der Waals surface area contributed by atoms with Crippen molar-refractivity contribution in [2.24, 2.45) is 17.8 Å². The lowest BCUT2D eigenvalue weighted by atomic mass is 9.80. The maximum Gasteiger partial charge on any atom is 0.223 e. The number of amides is 1. The highest BCUT2D eigenvalue weighted by Crippen LogP contribution is 2.35. The molecule has 1 aromatic carbocycles. The third kappa shape index (κ3) is 4.68. The first-order valence-electron chi connectivity index (χ1n) is 11.4. The van der Waals surface area contributed by atoms with Crippen molar-refractivity contribution in [3.8, 4) is 0 Å². The molecule has 1 aliphatic heterocycles. The smallest absolute Gasteiger partial charge is 0.223 e. The fourth-order valence-electron chi connectivity index (χ4n) is 5.45. The molecule has 152 valence electrons. The molecule has 0 radical (unpaired) electrons. The van der Waals surface area contributed by atoms with Gasteiger partial charge in [-0.05, 0) is 43.6 Å². The van der Waals surface area contributed by atoms with Crippen molar-refractivity contribution in [1.82, 2.24) is 9.80 Å². The molecule has 3 aliphatic rings. The Kier molecular flexibility index (Phi) is 6.20. The van der Waals surface area contributed by atoms with Crippen LogP contribution in [0.5, 0.6) is 0 Å². The summed E-state index contributed by atoms with van der Waals surface area (Å²) < 4.78 is 0. The van der Waals surface area contributed by atoms with Crippen LogP contribution in [0.4, 0.5) is 0 Å². The molecule has 0 aromatic heterocycles. The Morgan fingerprint density at radius 2 is 1.75 bits per heavy atom. The van der Waals surface area contributed by atoms with E-state index in [1.54, 1.807) is 0 Å². The van der Waals surface area contributed by atoms with Gasteiger partial charge in [0.25, 0.3) is 0 Å². The third-order valence-electron chi connectivity index (χ3n) is 7.24. The van der Waals surface area contributed by atoms with Crippen LogP contribution in [0, 0.1) is 17.8 Å². The SMILES string of the molecule is CC1[C@@H](CN(Cc2ccccc2)CC2C=C2)CCC(=O)N1[C@H]1CCCC[C@@H]1C. The van der Waals surface area contributed by atoms with Gasteiger partial charge in [-0.2, -0.15) is 0 Å². The molecule has 2 aliphatic carbocycles. The highest BCUT2D eigenvalue weighted by Gasteiger charge is 2.40. The molecule has 1 aromatic rings. The average molecular weight is 381 g/mol. The summed E-state index contributed by atoms with van der Waals surface area (Å²) in [5.74, 6) is 2.28. The normalized spacial score (nSPS) is 30.8. The van der Waals surface area contributed by atoms with E-state index in [0.29, 0.717) is 35.7 Å². The zero-order chi connectivity index (χ0) is 19.5. The zero-order valence-electron chi connectivity index (χ0n) is 17.6. The topological polar surface area (TPSA) is 23.6 Å². The van der Waals surface area contributed by atoms with Crippen LogP contribution in [0.2, 0.25) is 0 Å². The second-order valence-electron chi connectivity index (χ2n) is 9.40. The number of benzene rings is 1. The maximum absolute atomic E-state index is 12.9. The fraction of sp³-hybridized carbons (Fsp3) is 0.640. The van der Waals surface area contributed by atoms with Crippen LogP contribution in [0.25, 0.3) is 0 Å². The van der Waals surface area contributed by atoms with Crippen molar-refractivity contribution in [2.75, 3.05) is 13.1 Å². The first-order valence-corrected chi connectivity index (χ1v) is 11.4. The van der Waals surface area contributed by atoms with Gasteiger partial charge in [-0.1, -0.05) is 62.2 Å². The van der Waals surface area contributed by atoms with Crippen LogP contribution < -0.4 is 0 Å². The second kappa shape index (κ2) is 8.82. The number of carbonyl (C=O) groups excluding carboxylic acids is 1. The zero-order valence-corrected chi connectivity index (χ0v) is 17.6. The Balaban J connectivity index is 1.44. The van der Waals surface area contributed by atoms with Gasteiger partial charge < -0.3 is 4.90 Å². The van der Waals surface area contributed by atoms with Crippen LogP contribution in [-0.2, 0) is 11.3 Å². The van der Waals surface area contributed by atoms with E-state index in [2.05, 4.69) is 66.1 Å². The van der Waals surface area contributed by atoms with Crippen molar-refractivity contribution in [2.45, 2.75) is 71.0 Å². The molecular formula is C25H36N2O. The molecule has 1 heterocycles. The number of hydrogen-bond donors (Lipinski definition) is 0. The van der Waals surface area contributed by atoms with Crippen LogP contribution in [0.15, 0.2) is 42.5 Å². The molecule has 0 N–H and O–H groups in total. The van der Waals surface area contributed by atoms with E-state index in [-0.39, 0.29) is 0 Å². The molecule has 1 amide bonds. The molecule has 1 saturated carbocycles. The quantitative estimate of drug-likeness (QED) is 0.629.